The molecule has 1 aliphatic heterocycles. The Labute approximate surface area is 528 Å². The van der Waals surface area contributed by atoms with Crippen LogP contribution in [0.3, 0.4) is 0 Å². The molecular weight excluding hydrogens is 1120 g/mol. The van der Waals surface area contributed by atoms with Crippen LogP contribution in [0.25, 0.3) is 0 Å². The number of carbonyl (C=O) groups is 8. The van der Waals surface area contributed by atoms with Crippen molar-refractivity contribution in [1.82, 2.24) is 36.8 Å². The molecule has 0 aromatic heterocycles. The molecule has 5 aliphatic rings. The zero-order chi connectivity index (χ0) is 63.6. The Morgan fingerprint density at radius 2 is 1.12 bits per heavy atom. The monoisotopic (exact) mass is 1240 g/mol. The predicted molar refractivity (Wildman–Crippen MR) is 342 cm³/mol. The lowest BCUT2D eigenvalue weighted by Gasteiger charge is -2.58. The van der Waals surface area contributed by atoms with Gasteiger partial charge in [0.05, 0.1) is 39.6 Å². The van der Waals surface area contributed by atoms with Gasteiger partial charge in [0, 0.05) is 83.5 Å². The molecule has 0 aromatic carbocycles. The summed E-state index contributed by atoms with van der Waals surface area (Å²) in [5, 5.41) is 16.7. The summed E-state index contributed by atoms with van der Waals surface area (Å²) in [5.41, 5.74) is 2.09. The normalized spacial score (nSPS) is 23.6. The van der Waals surface area contributed by atoms with E-state index in [1.807, 2.05) is 0 Å². The number of nitrogens with one attached hydrogen (secondary N) is 6. The topological polar surface area (TPSA) is 249 Å². The smallest absolute Gasteiger partial charge is 0.407 e. The van der Waals surface area contributed by atoms with Crippen LogP contribution in [0.5, 0.6) is 0 Å². The molecule has 6 N–H and O–H groups in total. The van der Waals surface area contributed by atoms with Gasteiger partial charge in [0.25, 0.3) is 11.8 Å². The van der Waals surface area contributed by atoms with E-state index >= 15 is 0 Å². The largest absolute Gasteiger partial charge is 0.446 e. The number of rotatable bonds is 46. The van der Waals surface area contributed by atoms with E-state index in [9.17, 15) is 38.4 Å². The highest BCUT2D eigenvalue weighted by Crippen LogP contribution is 2.67. The summed E-state index contributed by atoms with van der Waals surface area (Å²) in [7, 11) is 0. The fraction of sp³-hybridized carbons (Fsp3) is 0.826. The van der Waals surface area contributed by atoms with E-state index in [1.54, 1.807) is 0 Å². The maximum atomic E-state index is 13.4. The molecule has 8 amide bonds. The van der Waals surface area contributed by atoms with E-state index in [1.165, 1.54) is 115 Å². The Bertz CT molecular complexity index is 2210. The van der Waals surface area contributed by atoms with E-state index in [0.717, 1.165) is 91.6 Å². The molecule has 0 bridgehead atoms. The number of unbranched alkanes of at least 4 members (excludes halogenated alkanes) is 12. The zero-order valence-electron chi connectivity index (χ0n) is 55.2. The van der Waals surface area contributed by atoms with Gasteiger partial charge < -0.3 is 50.8 Å². The number of hydrogen-bond donors (Lipinski definition) is 6. The quantitative estimate of drug-likeness (QED) is 0.0189. The maximum Gasteiger partial charge on any atom is 0.407 e. The number of fused-ring (bicyclic) bond motifs is 5. The molecule has 9 atom stereocenters. The van der Waals surface area contributed by atoms with Crippen molar-refractivity contribution in [1.29, 1.82) is 0 Å². The highest BCUT2D eigenvalue weighted by atomic mass is 16.6. The van der Waals surface area contributed by atoms with Crippen LogP contribution in [0, 0.1) is 46.3 Å². The molecule has 19 nitrogen and oxygen atoms in total. The molecule has 1 heterocycles. The minimum absolute atomic E-state index is 0.00459. The molecule has 0 radical (unpaired) electrons. The fourth-order valence-electron chi connectivity index (χ4n) is 15.0. The summed E-state index contributed by atoms with van der Waals surface area (Å²) in [6.07, 6.45) is 34.1. The molecule has 3 fully saturated rings. The molecule has 0 unspecified atom stereocenters. The van der Waals surface area contributed by atoms with Crippen LogP contribution in [0.1, 0.15) is 228 Å². The minimum Gasteiger partial charge on any atom is -0.446 e. The van der Waals surface area contributed by atoms with Crippen LogP contribution in [-0.4, -0.2) is 143 Å². The predicted octanol–water partition coefficient (Wildman–Crippen LogP) is 10.1. The van der Waals surface area contributed by atoms with Crippen molar-refractivity contribution in [2.45, 2.75) is 240 Å². The zero-order valence-corrected chi connectivity index (χ0v) is 55.2. The number of allylic oxidation sites excluding steroid dienone is 1. The SMILES string of the molecule is CCCCCCCCCCCCCCCC(=O)NCCOCCNC(=O)CC[C@H](NC(=O)CCOCCNC(=O)CCN1C(=O)C=CC1=O)C(=O)NCCOCCNC(=O)O[C@H]1CC[C@@]2(C)C(=CC[C@H]3[C@@H]4CC[C@H]([C@H](C)CCCC(C)C)[C@@]4(C)CC[C@@H]32)C1. The van der Waals surface area contributed by atoms with Crippen molar-refractivity contribution in [3.05, 3.63) is 23.8 Å². The third kappa shape index (κ3) is 25.8. The summed E-state index contributed by atoms with van der Waals surface area (Å²) in [5.74, 6) is 2.06. The Morgan fingerprint density at radius 3 is 1.74 bits per heavy atom. The number of amides is 8. The molecule has 3 saturated carbocycles. The van der Waals surface area contributed by atoms with Crippen LogP contribution >= 0.6 is 0 Å². The summed E-state index contributed by atoms with van der Waals surface area (Å²) < 4.78 is 22.9. The second-order valence-corrected chi connectivity index (χ2v) is 27.0. The maximum absolute atomic E-state index is 13.4. The van der Waals surface area contributed by atoms with Crippen LogP contribution in [0.4, 0.5) is 4.79 Å². The molecule has 4 aliphatic carbocycles. The van der Waals surface area contributed by atoms with Gasteiger partial charge in [-0.3, -0.25) is 38.5 Å². The van der Waals surface area contributed by atoms with Crippen molar-refractivity contribution < 1.29 is 57.3 Å². The second kappa shape index (κ2) is 40.8. The summed E-state index contributed by atoms with van der Waals surface area (Å²) in [6, 6.07) is -1.04. The number of alkyl carbamates (subject to hydrolysis) is 1. The van der Waals surface area contributed by atoms with Gasteiger partial charge in [-0.2, -0.15) is 0 Å². The van der Waals surface area contributed by atoms with Gasteiger partial charge in [0.2, 0.25) is 29.5 Å². The van der Waals surface area contributed by atoms with Gasteiger partial charge >= 0.3 is 6.09 Å². The lowest BCUT2D eigenvalue weighted by molar-refractivity contribution is -0.137. The fourth-order valence-corrected chi connectivity index (χ4v) is 15.0. The van der Waals surface area contributed by atoms with Crippen LogP contribution < -0.4 is 31.9 Å². The Morgan fingerprint density at radius 1 is 0.568 bits per heavy atom. The molecule has 88 heavy (non-hydrogen) atoms. The first kappa shape index (κ1) is 73.9. The first-order chi connectivity index (χ1) is 42.4. The van der Waals surface area contributed by atoms with E-state index in [-0.39, 0.29) is 121 Å². The number of ether oxygens (including phenoxy) is 4. The third-order valence-corrected chi connectivity index (χ3v) is 20.1. The molecule has 0 saturated heterocycles. The van der Waals surface area contributed by atoms with Crippen molar-refractivity contribution in [3.63, 3.8) is 0 Å². The average Bonchev–Trinajstić information content (AvgIpc) is 1.39. The lowest BCUT2D eigenvalue weighted by atomic mass is 9.47. The molecule has 500 valence electrons. The third-order valence-electron chi connectivity index (χ3n) is 20.1. The van der Waals surface area contributed by atoms with Crippen molar-refractivity contribution >= 4 is 47.4 Å². The summed E-state index contributed by atoms with van der Waals surface area (Å²) in [4.78, 5) is 101. The molecule has 5 rings (SSSR count). The van der Waals surface area contributed by atoms with Gasteiger partial charge in [-0.05, 0) is 104 Å². The summed E-state index contributed by atoms with van der Waals surface area (Å²) in [6.45, 7) is 16.6. The number of nitrogens with zero attached hydrogens (tertiary/aromatic N) is 1. The van der Waals surface area contributed by atoms with Crippen molar-refractivity contribution in [3.8, 4) is 0 Å². The van der Waals surface area contributed by atoms with Gasteiger partial charge in [-0.15, -0.1) is 0 Å². The highest BCUT2D eigenvalue weighted by molar-refractivity contribution is 6.13. The first-order valence-corrected chi connectivity index (χ1v) is 34.7. The van der Waals surface area contributed by atoms with Crippen LogP contribution in [-0.2, 0) is 52.5 Å². The Balaban J connectivity index is 0.942. The number of hydrogen-bond acceptors (Lipinski definition) is 12. The molecule has 0 spiro atoms. The standard InChI is InChI=1S/C69H117N7O12/c1-7-8-9-10-11-12-13-14-15-16-17-18-19-23-60(77)70-39-46-86-47-40-71-61(78)29-28-59(75-63(80)35-44-85-45-38-72-62(79)34-43-76-64(81)30-31-65(76)82)66(83)73-41-48-87-49-42-74-67(84)88-54-32-36-68(5)53(50-54)24-25-55-57-27-26-56(52(4)22-20-21-51(2)3)69(57,6)37-33-58(55)68/h24,30-31,51-52,54-59H,7-23,25-29,32-50H2,1-6H3,(H,70,77)(H,71,78)(H,72,79)(H,73,83)(H,74,84)(H,75,80)/t52-,54+,55+,56-,57+,58+,59+,68+,69-/m1/s1. The average molecular weight is 1240 g/mol. The van der Waals surface area contributed by atoms with Gasteiger partial charge in [-0.25, -0.2) is 4.79 Å². The molecular formula is C69H117N7O12. The lowest BCUT2D eigenvalue weighted by Crippen LogP contribution is -2.51. The van der Waals surface area contributed by atoms with Gasteiger partial charge in [0.15, 0.2) is 0 Å². The van der Waals surface area contributed by atoms with Gasteiger partial charge in [-0.1, -0.05) is 150 Å². The highest BCUT2D eigenvalue weighted by Gasteiger charge is 2.59. The van der Waals surface area contributed by atoms with E-state index in [0.29, 0.717) is 30.9 Å². The van der Waals surface area contributed by atoms with Gasteiger partial charge in [0.1, 0.15) is 12.1 Å². The van der Waals surface area contributed by atoms with Crippen molar-refractivity contribution in [2.75, 3.05) is 78.9 Å². The van der Waals surface area contributed by atoms with Crippen molar-refractivity contribution in [2.24, 2.45) is 46.3 Å². The first-order valence-electron chi connectivity index (χ1n) is 34.7. The van der Waals surface area contributed by atoms with E-state index in [4.69, 9.17) is 18.9 Å². The Kier molecular flexibility index (Phi) is 34.2. The molecule has 19 heteroatoms. The van der Waals surface area contributed by atoms with Crippen LogP contribution in [0.2, 0.25) is 0 Å². The minimum atomic E-state index is -1.04. The summed E-state index contributed by atoms with van der Waals surface area (Å²) >= 11 is 0. The number of imide groups is 1. The van der Waals surface area contributed by atoms with E-state index in [2.05, 4.69) is 79.5 Å². The van der Waals surface area contributed by atoms with Crippen LogP contribution in [0.15, 0.2) is 23.8 Å². The Hall–Kier alpha value is -4.88. The van der Waals surface area contributed by atoms with E-state index < -0.39 is 35.8 Å². The molecule has 0 aromatic rings. The number of carbonyl (C=O) groups excluding carboxylic acids is 8. The second-order valence-electron chi connectivity index (χ2n) is 27.0.